The lowest BCUT2D eigenvalue weighted by molar-refractivity contribution is 0.0696. The number of benzene rings is 1. The molecule has 0 bridgehead atoms. The summed E-state index contributed by atoms with van der Waals surface area (Å²) in [7, 11) is 0. The van der Waals surface area contributed by atoms with E-state index >= 15 is 0 Å². The summed E-state index contributed by atoms with van der Waals surface area (Å²) in [6, 6.07) is 3.93. The number of nitrogens with one attached hydrogen (secondary N) is 1. The molecule has 0 fully saturated rings. The monoisotopic (exact) mass is 372 g/mol. The number of carboxylic acid groups (broad SMARTS) is 1. The Kier molecular flexibility index (Phi) is 4.60. The first-order valence-electron chi connectivity index (χ1n) is 6.23. The fourth-order valence-electron chi connectivity index (χ4n) is 1.88. The third-order valence-electron chi connectivity index (χ3n) is 2.98. The summed E-state index contributed by atoms with van der Waals surface area (Å²) in [6.07, 6.45) is 1.02. The Morgan fingerprint density at radius 1 is 1.41 bits per heavy atom. The van der Waals surface area contributed by atoms with Gasteiger partial charge in [0.05, 0.1) is 11.4 Å². The van der Waals surface area contributed by atoms with Crippen LogP contribution in [0.5, 0.6) is 0 Å². The Bertz CT molecular complexity index is 805. The van der Waals surface area contributed by atoms with Gasteiger partial charge >= 0.3 is 5.97 Å². The number of hydrogen-bond acceptors (Lipinski definition) is 3. The third kappa shape index (κ3) is 3.01. The molecular weight excluding hydrogens is 362 g/mol. The van der Waals surface area contributed by atoms with Gasteiger partial charge < -0.3 is 15.0 Å². The van der Waals surface area contributed by atoms with Crippen LogP contribution in [-0.2, 0) is 6.54 Å². The molecule has 22 heavy (non-hydrogen) atoms. The molecule has 2 aromatic rings. The molecule has 0 saturated heterocycles. The van der Waals surface area contributed by atoms with E-state index in [4.69, 9.17) is 5.11 Å². The van der Waals surface area contributed by atoms with Crippen molar-refractivity contribution in [2.24, 2.45) is 0 Å². The molecule has 1 heterocycles. The zero-order chi connectivity index (χ0) is 16.4. The van der Waals surface area contributed by atoms with Crippen molar-refractivity contribution in [2.75, 3.05) is 5.32 Å². The van der Waals surface area contributed by atoms with Crippen LogP contribution in [0.4, 0.5) is 20.2 Å². The standard InChI is InChI=1S/C14H11BrF2N2O3/c1-2-19-6-8(14(21)22)12(11(17)13(19)20)18-10-4-3-7(15)5-9(10)16/h3-6,18H,2H2,1H3,(H,21,22). The van der Waals surface area contributed by atoms with Crippen LogP contribution in [0, 0.1) is 11.6 Å². The summed E-state index contributed by atoms with van der Waals surface area (Å²) in [6.45, 7) is 1.69. The van der Waals surface area contributed by atoms with E-state index < -0.39 is 34.4 Å². The molecule has 0 saturated carbocycles. The number of aromatic nitrogens is 1. The molecule has 0 aliphatic carbocycles. The maximum absolute atomic E-state index is 14.2. The number of anilines is 2. The van der Waals surface area contributed by atoms with Gasteiger partial charge in [0.1, 0.15) is 11.4 Å². The maximum atomic E-state index is 14.2. The van der Waals surface area contributed by atoms with Crippen LogP contribution in [0.1, 0.15) is 17.3 Å². The predicted molar refractivity (Wildman–Crippen MR) is 80.7 cm³/mol. The zero-order valence-electron chi connectivity index (χ0n) is 11.4. The molecule has 1 aromatic carbocycles. The highest BCUT2D eigenvalue weighted by Gasteiger charge is 2.21. The van der Waals surface area contributed by atoms with Crippen LogP contribution < -0.4 is 10.9 Å². The Morgan fingerprint density at radius 3 is 2.64 bits per heavy atom. The molecule has 0 amide bonds. The lowest BCUT2D eigenvalue weighted by Gasteiger charge is -2.13. The summed E-state index contributed by atoms with van der Waals surface area (Å²) in [5, 5.41) is 11.5. The molecule has 0 spiro atoms. The van der Waals surface area contributed by atoms with Crippen LogP contribution >= 0.6 is 15.9 Å². The van der Waals surface area contributed by atoms with E-state index in [2.05, 4.69) is 21.2 Å². The Balaban J connectivity index is 2.61. The van der Waals surface area contributed by atoms with Gasteiger partial charge in [-0.3, -0.25) is 4.79 Å². The number of halogens is 3. The summed E-state index contributed by atoms with van der Waals surface area (Å²) in [5.74, 6) is -3.42. The topological polar surface area (TPSA) is 71.3 Å². The number of carbonyl (C=O) groups is 1. The Hall–Kier alpha value is -2.22. The number of aryl methyl sites for hydroxylation is 1. The minimum Gasteiger partial charge on any atom is -0.478 e. The van der Waals surface area contributed by atoms with E-state index in [1.807, 2.05) is 0 Å². The van der Waals surface area contributed by atoms with Crippen molar-refractivity contribution in [3.8, 4) is 0 Å². The number of aromatic carboxylic acids is 1. The minimum atomic E-state index is -1.43. The van der Waals surface area contributed by atoms with Crippen LogP contribution in [0.3, 0.4) is 0 Å². The Morgan fingerprint density at radius 2 is 2.09 bits per heavy atom. The maximum Gasteiger partial charge on any atom is 0.339 e. The molecule has 116 valence electrons. The molecular formula is C14H11BrF2N2O3. The first kappa shape index (κ1) is 16.2. The lowest BCUT2D eigenvalue weighted by Crippen LogP contribution is -2.25. The van der Waals surface area contributed by atoms with Gasteiger partial charge in [-0.05, 0) is 25.1 Å². The molecule has 0 aliphatic heterocycles. The van der Waals surface area contributed by atoms with Crippen LogP contribution in [0.2, 0.25) is 0 Å². The second-order valence-electron chi connectivity index (χ2n) is 4.38. The second-order valence-corrected chi connectivity index (χ2v) is 5.29. The number of hydrogen-bond donors (Lipinski definition) is 2. The van der Waals surface area contributed by atoms with E-state index in [1.165, 1.54) is 12.1 Å². The van der Waals surface area contributed by atoms with Crippen molar-refractivity contribution in [3.63, 3.8) is 0 Å². The molecule has 1 aromatic heterocycles. The van der Waals surface area contributed by atoms with Crippen molar-refractivity contribution >= 4 is 33.3 Å². The molecule has 5 nitrogen and oxygen atoms in total. The normalized spacial score (nSPS) is 10.5. The Labute approximate surface area is 132 Å². The highest BCUT2D eigenvalue weighted by Crippen LogP contribution is 2.26. The summed E-state index contributed by atoms with van der Waals surface area (Å²) < 4.78 is 29.4. The summed E-state index contributed by atoms with van der Waals surface area (Å²) >= 11 is 3.08. The molecule has 8 heteroatoms. The van der Waals surface area contributed by atoms with Gasteiger partial charge in [0, 0.05) is 17.2 Å². The smallest absolute Gasteiger partial charge is 0.339 e. The molecule has 2 N–H and O–H groups in total. The predicted octanol–water partition coefficient (Wildman–Crippen LogP) is 3.35. The number of rotatable bonds is 4. The van der Waals surface area contributed by atoms with Gasteiger partial charge in [0.15, 0.2) is 0 Å². The van der Waals surface area contributed by atoms with Gasteiger partial charge in [0.2, 0.25) is 5.82 Å². The average molecular weight is 373 g/mol. The average Bonchev–Trinajstić information content (AvgIpc) is 2.46. The zero-order valence-corrected chi connectivity index (χ0v) is 12.9. The fraction of sp³-hybridized carbons (Fsp3) is 0.143. The van der Waals surface area contributed by atoms with Crippen LogP contribution in [-0.4, -0.2) is 15.6 Å². The molecule has 0 aliphatic rings. The van der Waals surface area contributed by atoms with Crippen molar-refractivity contribution in [2.45, 2.75) is 13.5 Å². The molecule has 2 rings (SSSR count). The van der Waals surface area contributed by atoms with Gasteiger partial charge in [-0.1, -0.05) is 15.9 Å². The van der Waals surface area contributed by atoms with Gasteiger partial charge in [-0.25, -0.2) is 9.18 Å². The van der Waals surface area contributed by atoms with E-state index in [-0.39, 0.29) is 12.2 Å². The lowest BCUT2D eigenvalue weighted by atomic mass is 10.2. The highest BCUT2D eigenvalue weighted by atomic mass is 79.9. The van der Waals surface area contributed by atoms with Crippen molar-refractivity contribution in [1.29, 1.82) is 0 Å². The van der Waals surface area contributed by atoms with Crippen LogP contribution in [0.25, 0.3) is 0 Å². The van der Waals surface area contributed by atoms with Crippen molar-refractivity contribution in [3.05, 3.63) is 56.4 Å². The van der Waals surface area contributed by atoms with Gasteiger partial charge in [0.25, 0.3) is 5.56 Å². The second kappa shape index (κ2) is 6.27. The third-order valence-corrected chi connectivity index (χ3v) is 3.48. The first-order valence-corrected chi connectivity index (χ1v) is 7.02. The van der Waals surface area contributed by atoms with E-state index in [0.717, 1.165) is 16.8 Å². The summed E-state index contributed by atoms with van der Waals surface area (Å²) in [4.78, 5) is 23.0. The van der Waals surface area contributed by atoms with Crippen LogP contribution in [0.15, 0.2) is 33.7 Å². The van der Waals surface area contributed by atoms with Gasteiger partial charge in [-0.2, -0.15) is 4.39 Å². The first-order chi connectivity index (χ1) is 10.3. The summed E-state index contributed by atoms with van der Waals surface area (Å²) in [5.41, 5.74) is -2.14. The highest BCUT2D eigenvalue weighted by molar-refractivity contribution is 9.10. The molecule has 0 radical (unpaired) electrons. The number of carboxylic acids is 1. The number of pyridine rings is 1. The van der Waals surface area contributed by atoms with Crippen molar-refractivity contribution < 1.29 is 18.7 Å². The molecule has 0 unspecified atom stereocenters. The minimum absolute atomic E-state index is 0.114. The largest absolute Gasteiger partial charge is 0.478 e. The van der Waals surface area contributed by atoms with Crippen molar-refractivity contribution in [1.82, 2.24) is 4.57 Å². The SMILES string of the molecule is CCn1cc(C(=O)O)c(Nc2ccc(Br)cc2F)c(F)c1=O. The number of nitrogens with zero attached hydrogens (tertiary/aromatic N) is 1. The fourth-order valence-corrected chi connectivity index (χ4v) is 2.21. The quantitative estimate of drug-likeness (QED) is 0.863. The van der Waals surface area contributed by atoms with E-state index in [1.54, 1.807) is 6.92 Å². The van der Waals surface area contributed by atoms with E-state index in [0.29, 0.717) is 4.47 Å². The molecule has 0 atom stereocenters. The van der Waals surface area contributed by atoms with E-state index in [9.17, 15) is 18.4 Å². The van der Waals surface area contributed by atoms with Gasteiger partial charge in [-0.15, -0.1) is 0 Å².